The van der Waals surface area contributed by atoms with E-state index in [1.54, 1.807) is 29.3 Å². The molecule has 0 spiro atoms. The smallest absolute Gasteiger partial charge is 0.123 e. The third-order valence-corrected chi connectivity index (χ3v) is 4.40. The number of thiophene rings is 1. The molecule has 0 aliphatic rings. The van der Waals surface area contributed by atoms with Gasteiger partial charge in [0.05, 0.1) is 10.2 Å². The second-order valence-electron chi connectivity index (χ2n) is 3.46. The van der Waals surface area contributed by atoms with Gasteiger partial charge in [0.1, 0.15) is 5.82 Å². The highest BCUT2D eigenvalue weighted by Gasteiger charge is 2.05. The molecule has 0 aliphatic heterocycles. The highest BCUT2D eigenvalue weighted by atomic mass is 35.5. The number of nitrogens with two attached hydrogens (primary N) is 1. The van der Waals surface area contributed by atoms with Gasteiger partial charge in [-0.15, -0.1) is 36.2 Å². The summed E-state index contributed by atoms with van der Waals surface area (Å²) in [5.74, 6) is 0.547. The highest BCUT2D eigenvalue weighted by Crippen LogP contribution is 2.34. The zero-order valence-electron chi connectivity index (χ0n) is 9.65. The van der Waals surface area contributed by atoms with Gasteiger partial charge in [-0.2, -0.15) is 0 Å². The van der Waals surface area contributed by atoms with Crippen molar-refractivity contribution in [3.8, 4) is 0 Å². The van der Waals surface area contributed by atoms with Gasteiger partial charge >= 0.3 is 0 Å². The first-order chi connectivity index (χ1) is 8.33. The standard InChI is InChI=1S/C12H9N3S2.2ClH/c13-11-2-1-8(7-15-11)17-10-3-5-14-9-4-6-16-12(9)10;;/h1-7H,(H2,13,15);2*1H. The predicted octanol–water partition coefficient (Wildman–Crippen LogP) is 4.27. The van der Waals surface area contributed by atoms with E-state index in [9.17, 15) is 0 Å². The van der Waals surface area contributed by atoms with E-state index in [0.717, 1.165) is 10.4 Å². The third kappa shape index (κ3) is 3.51. The lowest BCUT2D eigenvalue weighted by molar-refractivity contribution is 1.24. The first-order valence-electron chi connectivity index (χ1n) is 5.04. The second-order valence-corrected chi connectivity index (χ2v) is 5.50. The summed E-state index contributed by atoms with van der Waals surface area (Å²) in [4.78, 5) is 10.7. The first kappa shape index (κ1) is 16.0. The molecule has 3 aromatic heterocycles. The number of nitrogen functional groups attached to an aromatic ring is 1. The first-order valence-corrected chi connectivity index (χ1v) is 6.74. The number of fused-ring (bicyclic) bond motifs is 1. The molecule has 3 nitrogen and oxygen atoms in total. The molecule has 0 aromatic carbocycles. The van der Waals surface area contributed by atoms with Crippen molar-refractivity contribution in [1.29, 1.82) is 0 Å². The molecule has 3 aromatic rings. The van der Waals surface area contributed by atoms with Crippen LogP contribution in [0.25, 0.3) is 10.2 Å². The van der Waals surface area contributed by atoms with Gasteiger partial charge in [0.2, 0.25) is 0 Å². The van der Waals surface area contributed by atoms with Crippen molar-refractivity contribution in [3.05, 3.63) is 42.0 Å². The van der Waals surface area contributed by atoms with Crippen LogP contribution in [0, 0.1) is 0 Å². The summed E-state index contributed by atoms with van der Waals surface area (Å²) in [6, 6.07) is 7.85. The average Bonchev–Trinajstić information content (AvgIpc) is 2.81. The summed E-state index contributed by atoms with van der Waals surface area (Å²) < 4.78 is 1.22. The van der Waals surface area contributed by atoms with Crippen LogP contribution in [-0.4, -0.2) is 9.97 Å². The van der Waals surface area contributed by atoms with Crippen molar-refractivity contribution in [2.45, 2.75) is 9.79 Å². The van der Waals surface area contributed by atoms with Crippen LogP contribution in [0.2, 0.25) is 0 Å². The molecule has 3 rings (SSSR count). The van der Waals surface area contributed by atoms with E-state index >= 15 is 0 Å². The van der Waals surface area contributed by atoms with Crippen LogP contribution < -0.4 is 5.73 Å². The maximum absolute atomic E-state index is 5.57. The van der Waals surface area contributed by atoms with Gasteiger partial charge in [0, 0.05) is 22.2 Å². The van der Waals surface area contributed by atoms with E-state index in [0.29, 0.717) is 5.82 Å². The van der Waals surface area contributed by atoms with E-state index in [4.69, 9.17) is 5.73 Å². The van der Waals surface area contributed by atoms with E-state index in [2.05, 4.69) is 15.3 Å². The Morgan fingerprint density at radius 1 is 1.05 bits per heavy atom. The van der Waals surface area contributed by atoms with Crippen LogP contribution in [0.3, 0.4) is 0 Å². The summed E-state index contributed by atoms with van der Waals surface area (Å²) in [6.45, 7) is 0. The third-order valence-electron chi connectivity index (χ3n) is 2.29. The van der Waals surface area contributed by atoms with Crippen molar-refractivity contribution in [1.82, 2.24) is 9.97 Å². The van der Waals surface area contributed by atoms with Gasteiger partial charge in [0.15, 0.2) is 0 Å². The lowest BCUT2D eigenvalue weighted by atomic mass is 10.4. The molecule has 100 valence electrons. The Morgan fingerprint density at radius 3 is 2.63 bits per heavy atom. The molecule has 2 N–H and O–H groups in total. The van der Waals surface area contributed by atoms with E-state index in [1.165, 1.54) is 9.60 Å². The summed E-state index contributed by atoms with van der Waals surface area (Å²) in [5.41, 5.74) is 6.61. The molecule has 7 heteroatoms. The Bertz CT molecular complexity index is 655. The normalized spacial score (nSPS) is 9.68. The fourth-order valence-corrected chi connectivity index (χ4v) is 3.36. The molecule has 0 aliphatic carbocycles. The summed E-state index contributed by atoms with van der Waals surface area (Å²) >= 11 is 3.39. The zero-order valence-corrected chi connectivity index (χ0v) is 12.9. The Kier molecular flexibility index (Phi) is 5.87. The van der Waals surface area contributed by atoms with Crippen molar-refractivity contribution >= 4 is 63.9 Å². The van der Waals surface area contributed by atoms with Gasteiger partial charge < -0.3 is 5.73 Å². The Morgan fingerprint density at radius 2 is 1.89 bits per heavy atom. The number of anilines is 1. The van der Waals surface area contributed by atoms with Gasteiger partial charge in [-0.3, -0.25) is 4.98 Å². The molecule has 19 heavy (non-hydrogen) atoms. The molecule has 0 saturated heterocycles. The lowest BCUT2D eigenvalue weighted by Crippen LogP contribution is -1.87. The molecular formula is C12H11Cl2N3S2. The average molecular weight is 332 g/mol. The minimum atomic E-state index is 0. The van der Waals surface area contributed by atoms with Crippen molar-refractivity contribution < 1.29 is 0 Å². The number of pyridine rings is 2. The van der Waals surface area contributed by atoms with Crippen LogP contribution >= 0.6 is 47.9 Å². The van der Waals surface area contributed by atoms with E-state index < -0.39 is 0 Å². The van der Waals surface area contributed by atoms with Gasteiger partial charge in [-0.05, 0) is 29.6 Å². The molecule has 0 amide bonds. The topological polar surface area (TPSA) is 51.8 Å². The molecule has 0 atom stereocenters. The number of hydrogen-bond acceptors (Lipinski definition) is 5. The SMILES string of the molecule is Cl.Cl.Nc1ccc(Sc2ccnc3ccsc23)cn1. The summed E-state index contributed by atoms with van der Waals surface area (Å²) in [6.07, 6.45) is 3.63. The highest BCUT2D eigenvalue weighted by molar-refractivity contribution is 7.99. The largest absolute Gasteiger partial charge is 0.384 e. The molecule has 0 fully saturated rings. The second kappa shape index (κ2) is 6.96. The summed E-state index contributed by atoms with van der Waals surface area (Å²) in [5, 5.41) is 2.06. The van der Waals surface area contributed by atoms with Crippen LogP contribution in [0.15, 0.2) is 51.8 Å². The zero-order chi connectivity index (χ0) is 11.7. The van der Waals surface area contributed by atoms with Crippen LogP contribution in [0.1, 0.15) is 0 Å². The minimum Gasteiger partial charge on any atom is -0.384 e. The molecule has 0 saturated carbocycles. The van der Waals surface area contributed by atoms with E-state index in [1.807, 2.05) is 30.5 Å². The molecular weight excluding hydrogens is 321 g/mol. The number of hydrogen-bond donors (Lipinski definition) is 1. The van der Waals surface area contributed by atoms with E-state index in [-0.39, 0.29) is 24.8 Å². The van der Waals surface area contributed by atoms with Crippen LogP contribution in [0.4, 0.5) is 5.82 Å². The Hall–Kier alpha value is -1.01. The number of nitrogens with zero attached hydrogens (tertiary/aromatic N) is 2. The van der Waals surface area contributed by atoms with Crippen LogP contribution in [0.5, 0.6) is 0 Å². The Balaban J connectivity index is 0.000000902. The van der Waals surface area contributed by atoms with Crippen molar-refractivity contribution in [2.75, 3.05) is 5.73 Å². The quantitative estimate of drug-likeness (QED) is 0.761. The molecule has 0 bridgehead atoms. The van der Waals surface area contributed by atoms with Gasteiger partial charge in [-0.25, -0.2) is 4.98 Å². The Labute approximate surface area is 131 Å². The monoisotopic (exact) mass is 331 g/mol. The van der Waals surface area contributed by atoms with Crippen molar-refractivity contribution in [3.63, 3.8) is 0 Å². The molecule has 0 unspecified atom stereocenters. The summed E-state index contributed by atoms with van der Waals surface area (Å²) in [7, 11) is 0. The molecule has 3 heterocycles. The minimum absolute atomic E-state index is 0. The lowest BCUT2D eigenvalue weighted by Gasteiger charge is -2.02. The maximum Gasteiger partial charge on any atom is 0.123 e. The van der Waals surface area contributed by atoms with Gasteiger partial charge in [-0.1, -0.05) is 11.8 Å². The number of aromatic nitrogens is 2. The molecule has 0 radical (unpaired) electrons. The maximum atomic E-state index is 5.57. The fourth-order valence-electron chi connectivity index (χ4n) is 1.51. The van der Waals surface area contributed by atoms with Crippen LogP contribution in [-0.2, 0) is 0 Å². The number of rotatable bonds is 2. The predicted molar refractivity (Wildman–Crippen MR) is 86.9 cm³/mol. The van der Waals surface area contributed by atoms with Crippen molar-refractivity contribution in [2.24, 2.45) is 0 Å². The van der Waals surface area contributed by atoms with Gasteiger partial charge in [0.25, 0.3) is 0 Å². The fraction of sp³-hybridized carbons (Fsp3) is 0. The number of halogens is 2.